The third-order valence-electron chi connectivity index (χ3n) is 8.08. The highest BCUT2D eigenvalue weighted by Gasteiger charge is 2.27. The smallest absolute Gasteiger partial charge is 0.243 e. The highest BCUT2D eigenvalue weighted by molar-refractivity contribution is 5.96. The topological polar surface area (TPSA) is 360 Å². The molecule has 334 valence electrons. The lowest BCUT2D eigenvalue weighted by Gasteiger charge is -2.22. The minimum absolute atomic E-state index is 0.0611. The van der Waals surface area contributed by atoms with E-state index in [2.05, 4.69) is 53.2 Å². The van der Waals surface area contributed by atoms with Crippen molar-refractivity contribution in [2.75, 3.05) is 39.3 Å². The van der Waals surface area contributed by atoms with Gasteiger partial charge >= 0.3 is 0 Å². The fraction of sp³-hybridized carbons (Fsp3) is 0.694. The summed E-state index contributed by atoms with van der Waals surface area (Å²) in [6.45, 7) is 9.10. The summed E-state index contributed by atoms with van der Waals surface area (Å²) < 4.78 is 0. The van der Waals surface area contributed by atoms with E-state index in [1.165, 1.54) is 20.8 Å². The Morgan fingerprint density at radius 3 is 1.25 bits per heavy atom. The maximum Gasteiger partial charge on any atom is 0.243 e. The van der Waals surface area contributed by atoms with Crippen LogP contribution in [0.15, 0.2) is 0 Å². The zero-order chi connectivity index (χ0) is 45.2. The third-order valence-corrected chi connectivity index (χ3v) is 8.08. The van der Waals surface area contributed by atoms with E-state index in [0.29, 0.717) is 19.4 Å². The minimum Gasteiger partial charge on any atom is -0.368 e. The second-order valence-electron chi connectivity index (χ2n) is 14.7. The van der Waals surface area contributed by atoms with Crippen LogP contribution in [0.5, 0.6) is 0 Å². The molecule has 0 aliphatic heterocycles. The normalized spacial score (nSPS) is 13.3. The molecule has 0 aromatic rings. The Balaban J connectivity index is 5.06. The fourth-order valence-corrected chi connectivity index (χ4v) is 5.03. The van der Waals surface area contributed by atoms with Gasteiger partial charge in [0.25, 0.3) is 0 Å². The standard InChI is InChI=1S/C36H64N12O11/c1-19(2)12-25(47-30(53)16-41-33(56)21(5)45-34(57)22(6)44-28(51)15-40-27(50)14-39-23(7)49)36(59)43-18-31(54)48-26(13-20(3)4)35(58)42-17-29(52)46-24(32(38)55)10-8-9-11-37/h19-22,24-26H,8-18,37H2,1-7H3,(H2,38,55)(H,39,49)(H,40,50)(H,41,56)(H,42,58)(H,43,59)(H,44,51)(H,45,57)(H,46,52)(H,47,53)(H,48,54)/t21-,22-,24-,25-,26-/m0/s1. The Labute approximate surface area is 343 Å². The molecule has 0 heterocycles. The summed E-state index contributed by atoms with van der Waals surface area (Å²) in [5.74, 6) is -7.66. The van der Waals surface area contributed by atoms with E-state index in [1.54, 1.807) is 13.8 Å². The van der Waals surface area contributed by atoms with Crippen LogP contribution >= 0.6 is 0 Å². The molecule has 0 saturated heterocycles. The summed E-state index contributed by atoms with van der Waals surface area (Å²) >= 11 is 0. The van der Waals surface area contributed by atoms with Gasteiger partial charge in [-0.25, -0.2) is 0 Å². The quantitative estimate of drug-likeness (QED) is 0.0329. The van der Waals surface area contributed by atoms with Crippen molar-refractivity contribution in [3.8, 4) is 0 Å². The lowest BCUT2D eigenvalue weighted by Crippen LogP contribution is -2.55. The predicted molar refractivity (Wildman–Crippen MR) is 213 cm³/mol. The number of carbonyl (C=O) groups is 11. The van der Waals surface area contributed by atoms with Crippen molar-refractivity contribution in [1.82, 2.24) is 53.2 Å². The van der Waals surface area contributed by atoms with Gasteiger partial charge in [-0.15, -0.1) is 0 Å². The Morgan fingerprint density at radius 1 is 0.441 bits per heavy atom. The van der Waals surface area contributed by atoms with Crippen LogP contribution < -0.4 is 64.6 Å². The van der Waals surface area contributed by atoms with Gasteiger partial charge in [-0.2, -0.15) is 0 Å². The van der Waals surface area contributed by atoms with Crippen LogP contribution in [0, 0.1) is 11.8 Å². The van der Waals surface area contributed by atoms with E-state index in [9.17, 15) is 52.7 Å². The van der Waals surface area contributed by atoms with Crippen LogP contribution in [-0.4, -0.2) is 134 Å². The van der Waals surface area contributed by atoms with E-state index in [1.807, 2.05) is 13.8 Å². The van der Waals surface area contributed by atoms with Crippen LogP contribution in [0.25, 0.3) is 0 Å². The van der Waals surface area contributed by atoms with E-state index >= 15 is 0 Å². The molecule has 0 aliphatic carbocycles. The molecule has 5 atom stereocenters. The molecule has 0 saturated carbocycles. The monoisotopic (exact) mass is 840 g/mol. The number of unbranched alkanes of at least 4 members (excludes halogenated alkanes) is 1. The highest BCUT2D eigenvalue weighted by atomic mass is 16.2. The van der Waals surface area contributed by atoms with Gasteiger partial charge in [0.05, 0.1) is 32.7 Å². The number of rotatable bonds is 28. The lowest BCUT2D eigenvalue weighted by molar-refractivity contribution is -0.133. The molecule has 0 rings (SSSR count). The van der Waals surface area contributed by atoms with Crippen molar-refractivity contribution >= 4 is 65.0 Å². The molecule has 0 aromatic carbocycles. The Hall–Kier alpha value is -5.87. The zero-order valence-corrected chi connectivity index (χ0v) is 35.0. The number of primary amides is 1. The molecule has 0 spiro atoms. The van der Waals surface area contributed by atoms with Crippen molar-refractivity contribution in [3.05, 3.63) is 0 Å². The molecule has 14 N–H and O–H groups in total. The molecular formula is C36H64N12O11. The molecule has 23 heteroatoms. The molecular weight excluding hydrogens is 776 g/mol. The van der Waals surface area contributed by atoms with Crippen LogP contribution in [0.4, 0.5) is 0 Å². The number of nitrogens with one attached hydrogen (secondary N) is 10. The molecule has 23 nitrogen and oxygen atoms in total. The number of carbonyl (C=O) groups excluding carboxylic acids is 11. The van der Waals surface area contributed by atoms with Crippen molar-refractivity contribution in [2.45, 2.75) is 111 Å². The van der Waals surface area contributed by atoms with E-state index in [4.69, 9.17) is 11.5 Å². The fourth-order valence-electron chi connectivity index (χ4n) is 5.03. The van der Waals surface area contributed by atoms with Crippen LogP contribution in [0.1, 0.15) is 80.6 Å². The maximum absolute atomic E-state index is 13.1. The van der Waals surface area contributed by atoms with Crippen molar-refractivity contribution < 1.29 is 52.7 Å². The van der Waals surface area contributed by atoms with Gasteiger partial charge in [0.2, 0.25) is 65.0 Å². The molecule has 0 radical (unpaired) electrons. The van der Waals surface area contributed by atoms with Crippen LogP contribution in [-0.2, 0) is 52.7 Å². The van der Waals surface area contributed by atoms with Gasteiger partial charge in [0.1, 0.15) is 30.2 Å². The third kappa shape index (κ3) is 25.2. The van der Waals surface area contributed by atoms with Gasteiger partial charge in [0.15, 0.2) is 0 Å². The number of hydrogen-bond acceptors (Lipinski definition) is 12. The first kappa shape index (κ1) is 53.1. The summed E-state index contributed by atoms with van der Waals surface area (Å²) in [5.41, 5.74) is 10.8. The van der Waals surface area contributed by atoms with Gasteiger partial charge in [-0.1, -0.05) is 27.7 Å². The summed E-state index contributed by atoms with van der Waals surface area (Å²) in [4.78, 5) is 135. The first-order chi connectivity index (χ1) is 27.5. The van der Waals surface area contributed by atoms with Crippen molar-refractivity contribution in [2.24, 2.45) is 23.3 Å². The largest absolute Gasteiger partial charge is 0.368 e. The summed E-state index contributed by atoms with van der Waals surface area (Å²) in [7, 11) is 0. The Bertz CT molecular complexity index is 1490. The molecule has 0 unspecified atom stereocenters. The highest BCUT2D eigenvalue weighted by Crippen LogP contribution is 2.07. The first-order valence-corrected chi connectivity index (χ1v) is 19.4. The van der Waals surface area contributed by atoms with E-state index in [0.717, 1.165) is 0 Å². The molecule has 59 heavy (non-hydrogen) atoms. The number of nitrogens with two attached hydrogens (primary N) is 2. The van der Waals surface area contributed by atoms with Gasteiger partial charge in [0, 0.05) is 6.92 Å². The maximum atomic E-state index is 13.1. The zero-order valence-electron chi connectivity index (χ0n) is 35.0. The molecule has 0 bridgehead atoms. The second kappa shape index (κ2) is 28.5. The van der Waals surface area contributed by atoms with Gasteiger partial charge in [-0.05, 0) is 64.3 Å². The molecule has 0 aromatic heterocycles. The first-order valence-electron chi connectivity index (χ1n) is 19.4. The van der Waals surface area contributed by atoms with Crippen LogP contribution in [0.2, 0.25) is 0 Å². The second-order valence-corrected chi connectivity index (χ2v) is 14.7. The van der Waals surface area contributed by atoms with Crippen LogP contribution in [0.3, 0.4) is 0 Å². The molecule has 0 fully saturated rings. The summed E-state index contributed by atoms with van der Waals surface area (Å²) in [6, 6.07) is -5.38. The SMILES string of the molecule is CC(=O)NCC(=O)NCC(=O)N[C@@H](C)C(=O)N[C@@H](C)C(=O)NCC(=O)N[C@@H](CC(C)C)C(=O)NCC(=O)N[C@@H](CC(C)C)C(=O)NCC(=O)N[C@@H](CCCCN)C(N)=O. The minimum atomic E-state index is -1.15. The summed E-state index contributed by atoms with van der Waals surface area (Å²) in [6.07, 6.45) is 1.82. The average Bonchev–Trinajstić information content (AvgIpc) is 3.14. The molecule has 0 aliphatic rings. The predicted octanol–water partition coefficient (Wildman–Crippen LogP) is -5.24. The Morgan fingerprint density at radius 2 is 0.831 bits per heavy atom. The number of hydrogen-bond donors (Lipinski definition) is 12. The van der Waals surface area contributed by atoms with E-state index in [-0.39, 0.29) is 37.6 Å². The van der Waals surface area contributed by atoms with E-state index < -0.39 is 121 Å². The van der Waals surface area contributed by atoms with Gasteiger partial charge < -0.3 is 64.6 Å². The lowest BCUT2D eigenvalue weighted by atomic mass is 10.0. The van der Waals surface area contributed by atoms with Crippen molar-refractivity contribution in [3.63, 3.8) is 0 Å². The Kier molecular flexibility index (Phi) is 25.7. The summed E-state index contributed by atoms with van der Waals surface area (Å²) in [5, 5.41) is 24.0. The number of amides is 11. The van der Waals surface area contributed by atoms with Gasteiger partial charge in [-0.3, -0.25) is 52.7 Å². The van der Waals surface area contributed by atoms with Crippen molar-refractivity contribution in [1.29, 1.82) is 0 Å². The average molecular weight is 841 g/mol. The molecule has 11 amide bonds.